The quantitative estimate of drug-likeness (QED) is 0.329. The van der Waals surface area contributed by atoms with Crippen LogP contribution < -0.4 is 15.4 Å². The average molecular weight is 525 g/mol. The van der Waals surface area contributed by atoms with Crippen LogP contribution in [0.5, 0.6) is 5.75 Å². The molecule has 2 aromatic rings. The molecule has 8 nitrogen and oxygen atoms in total. The molecule has 1 saturated heterocycles. The van der Waals surface area contributed by atoms with E-state index < -0.39 is 0 Å². The highest BCUT2D eigenvalue weighted by atomic mass is 127. The van der Waals surface area contributed by atoms with Crippen LogP contribution >= 0.6 is 24.0 Å². The highest BCUT2D eigenvalue weighted by Gasteiger charge is 2.26. The maximum atomic E-state index is 5.64. The number of benzene rings is 1. The smallest absolute Gasteiger partial charge is 0.191 e. The number of nitrogens with one attached hydrogen (secondary N) is 2. The van der Waals surface area contributed by atoms with E-state index in [0.717, 1.165) is 62.4 Å². The van der Waals surface area contributed by atoms with Crippen LogP contribution in [0.1, 0.15) is 42.5 Å². The third-order valence-corrected chi connectivity index (χ3v) is 5.87. The second kappa shape index (κ2) is 10.9. The fraction of sp³-hybridized carbons (Fsp3) is 0.571. The second-order valence-corrected chi connectivity index (χ2v) is 7.60. The van der Waals surface area contributed by atoms with Gasteiger partial charge >= 0.3 is 0 Å². The Morgan fingerprint density at radius 3 is 2.70 bits per heavy atom. The molecule has 1 aromatic heterocycles. The summed E-state index contributed by atoms with van der Waals surface area (Å²) in [5.74, 6) is 3.78. The summed E-state index contributed by atoms with van der Waals surface area (Å²) >= 11 is 0. The minimum absolute atomic E-state index is 0. The lowest BCUT2D eigenvalue weighted by atomic mass is 10.0. The van der Waals surface area contributed by atoms with E-state index in [0.29, 0.717) is 6.54 Å². The molecule has 3 heterocycles. The minimum atomic E-state index is 0. The van der Waals surface area contributed by atoms with Gasteiger partial charge in [0.2, 0.25) is 0 Å². The van der Waals surface area contributed by atoms with Gasteiger partial charge in [-0.25, -0.2) is 0 Å². The Kier molecular flexibility index (Phi) is 8.32. The number of rotatable bonds is 7. The summed E-state index contributed by atoms with van der Waals surface area (Å²) in [5.41, 5.74) is 1.22. The Morgan fingerprint density at radius 2 is 1.93 bits per heavy atom. The topological polar surface area (TPSA) is 79.6 Å². The lowest BCUT2D eigenvalue weighted by molar-refractivity contribution is 0.239. The predicted octanol–water partition coefficient (Wildman–Crippen LogP) is 2.35. The largest absolute Gasteiger partial charge is 0.496 e. The molecule has 0 radical (unpaired) electrons. The van der Waals surface area contributed by atoms with Crippen LogP contribution in [0.3, 0.4) is 0 Å². The normalized spacial score (nSPS) is 17.3. The Labute approximate surface area is 195 Å². The van der Waals surface area contributed by atoms with Gasteiger partial charge in [-0.15, -0.1) is 34.2 Å². The Hall–Kier alpha value is -1.88. The van der Waals surface area contributed by atoms with Crippen molar-refractivity contribution in [3.63, 3.8) is 0 Å². The molecule has 164 valence electrons. The van der Waals surface area contributed by atoms with Crippen LogP contribution in [0.4, 0.5) is 0 Å². The standard InChI is InChI=1S/C21H31N7O.HI/c1-22-21(24-15-20-26-25-19-10-7-13-28(19)20)23-14-17(27-11-5-6-12-27)16-8-3-4-9-18(16)29-2;/h3-4,8-9,17H,5-7,10-15H2,1-2H3,(H2,22,23,24);1H. The molecule has 1 unspecified atom stereocenters. The molecule has 4 rings (SSSR count). The number of hydrogen-bond acceptors (Lipinski definition) is 5. The average Bonchev–Trinajstić information content (AvgIpc) is 3.50. The van der Waals surface area contributed by atoms with Crippen molar-refractivity contribution >= 4 is 29.9 Å². The maximum absolute atomic E-state index is 5.64. The van der Waals surface area contributed by atoms with E-state index in [1.165, 1.54) is 18.4 Å². The Bertz CT molecular complexity index is 848. The molecule has 2 aliphatic rings. The van der Waals surface area contributed by atoms with Crippen molar-refractivity contribution in [3.05, 3.63) is 41.5 Å². The number of halogens is 1. The molecule has 1 aromatic carbocycles. The zero-order valence-electron chi connectivity index (χ0n) is 17.8. The van der Waals surface area contributed by atoms with E-state index >= 15 is 0 Å². The SMILES string of the molecule is CN=C(NCc1nnc2n1CCC2)NCC(c1ccccc1OC)N1CCCC1.I. The summed E-state index contributed by atoms with van der Waals surface area (Å²) in [7, 11) is 3.54. The van der Waals surface area contributed by atoms with Crippen LogP contribution in [0.15, 0.2) is 29.3 Å². The zero-order valence-corrected chi connectivity index (χ0v) is 20.1. The molecule has 0 amide bonds. The summed E-state index contributed by atoms with van der Waals surface area (Å²) < 4.78 is 7.85. The lowest BCUT2D eigenvalue weighted by Gasteiger charge is -2.30. The minimum Gasteiger partial charge on any atom is -0.496 e. The first kappa shape index (κ1) is 22.8. The molecule has 9 heteroatoms. The fourth-order valence-corrected chi connectivity index (χ4v) is 4.35. The van der Waals surface area contributed by atoms with E-state index in [2.05, 4.69) is 47.4 Å². The van der Waals surface area contributed by atoms with E-state index in [1.807, 2.05) is 12.1 Å². The summed E-state index contributed by atoms with van der Waals surface area (Å²) in [4.78, 5) is 6.93. The zero-order chi connectivity index (χ0) is 20.1. The van der Waals surface area contributed by atoms with Crippen LogP contribution in [0.2, 0.25) is 0 Å². The number of methoxy groups -OCH3 is 1. The fourth-order valence-electron chi connectivity index (χ4n) is 4.35. The first-order valence-corrected chi connectivity index (χ1v) is 10.5. The summed E-state index contributed by atoms with van der Waals surface area (Å²) in [5, 5.41) is 15.5. The van der Waals surface area contributed by atoms with Crippen LogP contribution in [-0.2, 0) is 19.5 Å². The Morgan fingerprint density at radius 1 is 1.13 bits per heavy atom. The van der Waals surface area contributed by atoms with Gasteiger partial charge in [-0.05, 0) is 38.4 Å². The molecule has 1 fully saturated rings. The first-order chi connectivity index (χ1) is 14.3. The number of aliphatic imine (C=N–C) groups is 1. The van der Waals surface area contributed by atoms with Gasteiger partial charge in [-0.1, -0.05) is 18.2 Å². The van der Waals surface area contributed by atoms with Crippen molar-refractivity contribution in [2.24, 2.45) is 4.99 Å². The molecule has 0 aliphatic carbocycles. The number of aromatic nitrogens is 3. The van der Waals surface area contributed by atoms with E-state index in [1.54, 1.807) is 14.2 Å². The number of hydrogen-bond donors (Lipinski definition) is 2. The summed E-state index contributed by atoms with van der Waals surface area (Å²) in [6.07, 6.45) is 4.67. The second-order valence-electron chi connectivity index (χ2n) is 7.60. The molecular weight excluding hydrogens is 493 g/mol. The monoisotopic (exact) mass is 525 g/mol. The van der Waals surface area contributed by atoms with Gasteiger partial charge in [0, 0.05) is 32.1 Å². The van der Waals surface area contributed by atoms with Gasteiger partial charge in [0.15, 0.2) is 11.8 Å². The molecular formula is C21H32IN7O. The first-order valence-electron chi connectivity index (χ1n) is 10.5. The third-order valence-electron chi connectivity index (χ3n) is 5.87. The highest BCUT2D eigenvalue weighted by molar-refractivity contribution is 14.0. The molecule has 2 N–H and O–H groups in total. The predicted molar refractivity (Wildman–Crippen MR) is 129 cm³/mol. The molecule has 2 aliphatic heterocycles. The number of likely N-dealkylation sites (tertiary alicyclic amines) is 1. The van der Waals surface area contributed by atoms with Crippen LogP contribution in [0, 0.1) is 0 Å². The highest BCUT2D eigenvalue weighted by Crippen LogP contribution is 2.31. The molecule has 30 heavy (non-hydrogen) atoms. The Balaban J connectivity index is 0.00000256. The third kappa shape index (κ3) is 5.05. The number of aryl methyl sites for hydroxylation is 1. The van der Waals surface area contributed by atoms with Crippen molar-refractivity contribution < 1.29 is 4.74 Å². The lowest BCUT2D eigenvalue weighted by Crippen LogP contribution is -2.42. The molecule has 0 spiro atoms. The number of ether oxygens (including phenoxy) is 1. The van der Waals surface area contributed by atoms with E-state index in [9.17, 15) is 0 Å². The number of para-hydroxylation sites is 1. The van der Waals surface area contributed by atoms with Crippen molar-refractivity contribution in [2.75, 3.05) is 33.8 Å². The molecule has 0 saturated carbocycles. The molecule has 0 bridgehead atoms. The van der Waals surface area contributed by atoms with Crippen molar-refractivity contribution in [1.29, 1.82) is 0 Å². The van der Waals surface area contributed by atoms with Crippen LogP contribution in [0.25, 0.3) is 0 Å². The van der Waals surface area contributed by atoms with Gasteiger partial charge in [0.1, 0.15) is 11.6 Å². The molecule has 1 atom stereocenters. The van der Waals surface area contributed by atoms with E-state index in [4.69, 9.17) is 4.74 Å². The van der Waals surface area contributed by atoms with Gasteiger partial charge in [0.25, 0.3) is 0 Å². The summed E-state index contributed by atoms with van der Waals surface area (Å²) in [6, 6.07) is 8.55. The number of fused-ring (bicyclic) bond motifs is 1. The van der Waals surface area contributed by atoms with Crippen molar-refractivity contribution in [2.45, 2.75) is 44.8 Å². The number of nitrogens with zero attached hydrogens (tertiary/aromatic N) is 5. The van der Waals surface area contributed by atoms with Crippen molar-refractivity contribution in [3.8, 4) is 5.75 Å². The van der Waals surface area contributed by atoms with Gasteiger partial charge in [0.05, 0.1) is 19.7 Å². The number of guanidine groups is 1. The van der Waals surface area contributed by atoms with Gasteiger partial charge in [-0.2, -0.15) is 0 Å². The van der Waals surface area contributed by atoms with E-state index in [-0.39, 0.29) is 30.0 Å². The van der Waals surface area contributed by atoms with Gasteiger partial charge in [-0.3, -0.25) is 9.89 Å². The maximum Gasteiger partial charge on any atom is 0.191 e. The van der Waals surface area contributed by atoms with Gasteiger partial charge < -0.3 is 19.9 Å². The summed E-state index contributed by atoms with van der Waals surface area (Å²) in [6.45, 7) is 4.62. The van der Waals surface area contributed by atoms with Crippen molar-refractivity contribution in [1.82, 2.24) is 30.3 Å². The van der Waals surface area contributed by atoms with Crippen LogP contribution in [-0.4, -0.2) is 59.4 Å².